The zero-order valence-corrected chi connectivity index (χ0v) is 14.4. The van der Waals surface area contributed by atoms with Crippen molar-refractivity contribution in [1.82, 2.24) is 14.8 Å². The Kier molecular flexibility index (Phi) is 4.68. The highest BCUT2D eigenvalue weighted by Gasteiger charge is 2.25. The van der Waals surface area contributed by atoms with E-state index in [9.17, 15) is 4.79 Å². The molecule has 2 aromatic rings. The number of rotatable bonds is 5. The molecule has 0 bridgehead atoms. The van der Waals surface area contributed by atoms with Gasteiger partial charge in [-0.3, -0.25) is 0 Å². The maximum Gasteiger partial charge on any atom is 0.338 e. The van der Waals surface area contributed by atoms with E-state index >= 15 is 0 Å². The minimum absolute atomic E-state index is 0.289. The topological polar surface area (TPSA) is 69.0 Å². The summed E-state index contributed by atoms with van der Waals surface area (Å²) in [6.07, 6.45) is 0. The van der Waals surface area contributed by atoms with Gasteiger partial charge in [-0.25, -0.2) is 9.48 Å². The SMILES string of the molecule is CCOC(=O)c1ccc(NCC2Cn3nc(Br)nc3S2)cc1. The predicted molar refractivity (Wildman–Crippen MR) is 88.3 cm³/mol. The van der Waals surface area contributed by atoms with Crippen LogP contribution < -0.4 is 5.32 Å². The lowest BCUT2D eigenvalue weighted by molar-refractivity contribution is 0.0526. The second-order valence-electron chi connectivity index (χ2n) is 4.76. The fraction of sp³-hybridized carbons (Fsp3) is 0.357. The van der Waals surface area contributed by atoms with Crippen LogP contribution in [0.5, 0.6) is 0 Å². The van der Waals surface area contributed by atoms with Crippen LogP contribution >= 0.6 is 27.7 Å². The molecule has 0 radical (unpaired) electrons. The van der Waals surface area contributed by atoms with Crippen LogP contribution in [0.25, 0.3) is 0 Å². The third-order valence-electron chi connectivity index (χ3n) is 3.19. The van der Waals surface area contributed by atoms with Crippen LogP contribution in [0, 0.1) is 0 Å². The van der Waals surface area contributed by atoms with E-state index < -0.39 is 0 Å². The van der Waals surface area contributed by atoms with Crippen molar-refractivity contribution < 1.29 is 9.53 Å². The monoisotopic (exact) mass is 382 g/mol. The van der Waals surface area contributed by atoms with Crippen molar-refractivity contribution in [3.05, 3.63) is 34.6 Å². The summed E-state index contributed by atoms with van der Waals surface area (Å²) in [6.45, 7) is 3.83. The number of hydrogen-bond donors (Lipinski definition) is 1. The van der Waals surface area contributed by atoms with Crippen LogP contribution in [0.4, 0.5) is 5.69 Å². The summed E-state index contributed by atoms with van der Waals surface area (Å²) in [5, 5.41) is 8.97. The molecule has 1 aromatic carbocycles. The van der Waals surface area contributed by atoms with Crippen molar-refractivity contribution in [3.63, 3.8) is 0 Å². The second kappa shape index (κ2) is 6.70. The number of esters is 1. The van der Waals surface area contributed by atoms with E-state index in [1.807, 2.05) is 16.8 Å². The van der Waals surface area contributed by atoms with Crippen LogP contribution in [-0.4, -0.2) is 39.1 Å². The Labute approximate surface area is 140 Å². The lowest BCUT2D eigenvalue weighted by Gasteiger charge is -2.11. The van der Waals surface area contributed by atoms with Crippen LogP contribution in [-0.2, 0) is 11.3 Å². The highest BCUT2D eigenvalue weighted by Crippen LogP contribution is 2.31. The molecule has 0 amide bonds. The van der Waals surface area contributed by atoms with Gasteiger partial charge in [0.05, 0.1) is 18.7 Å². The van der Waals surface area contributed by atoms with Crippen molar-refractivity contribution in [2.24, 2.45) is 0 Å². The van der Waals surface area contributed by atoms with E-state index in [1.54, 1.807) is 30.8 Å². The summed E-state index contributed by atoms with van der Waals surface area (Å²) in [5.74, 6) is -0.289. The average molecular weight is 383 g/mol. The lowest BCUT2D eigenvalue weighted by Crippen LogP contribution is -2.18. The fourth-order valence-electron chi connectivity index (χ4n) is 2.16. The third-order valence-corrected chi connectivity index (χ3v) is 4.69. The zero-order chi connectivity index (χ0) is 15.5. The number of nitrogens with one attached hydrogen (secondary N) is 1. The van der Waals surface area contributed by atoms with Crippen LogP contribution in [0.3, 0.4) is 0 Å². The molecule has 6 nitrogen and oxygen atoms in total. The molecular weight excluding hydrogens is 368 g/mol. The largest absolute Gasteiger partial charge is 0.462 e. The summed E-state index contributed by atoms with van der Waals surface area (Å²) in [5.41, 5.74) is 1.55. The number of thioether (sulfide) groups is 1. The molecule has 1 aliphatic heterocycles. The first kappa shape index (κ1) is 15.4. The van der Waals surface area contributed by atoms with Crippen LogP contribution in [0.15, 0.2) is 34.2 Å². The Morgan fingerprint density at radius 1 is 1.50 bits per heavy atom. The first-order valence-corrected chi connectivity index (χ1v) is 8.61. The molecule has 3 rings (SSSR count). The zero-order valence-electron chi connectivity index (χ0n) is 12.0. The van der Waals surface area contributed by atoms with E-state index in [4.69, 9.17) is 4.74 Å². The van der Waals surface area contributed by atoms with Gasteiger partial charge in [-0.1, -0.05) is 11.8 Å². The molecule has 0 aliphatic carbocycles. The molecule has 0 saturated carbocycles. The maximum atomic E-state index is 11.6. The molecule has 22 heavy (non-hydrogen) atoms. The summed E-state index contributed by atoms with van der Waals surface area (Å²) in [4.78, 5) is 15.9. The Balaban J connectivity index is 1.52. The van der Waals surface area contributed by atoms with Gasteiger partial charge < -0.3 is 10.1 Å². The number of carbonyl (C=O) groups excluding carboxylic acids is 1. The van der Waals surface area contributed by atoms with Gasteiger partial charge in [0.25, 0.3) is 0 Å². The molecule has 1 aromatic heterocycles. The molecule has 0 saturated heterocycles. The summed E-state index contributed by atoms with van der Waals surface area (Å²) in [6, 6.07) is 7.32. The molecule has 0 fully saturated rings. The van der Waals surface area contributed by atoms with Crippen molar-refractivity contribution in [2.75, 3.05) is 18.5 Å². The van der Waals surface area contributed by atoms with Gasteiger partial charge in [-0.2, -0.15) is 4.98 Å². The standard InChI is InChI=1S/C14H15BrN4O2S/c1-2-21-12(20)9-3-5-10(6-4-9)16-7-11-8-19-14(22-11)17-13(15)18-19/h3-6,11,16H,2,7-8H2,1H3. The number of benzene rings is 1. The van der Waals surface area contributed by atoms with Crippen molar-refractivity contribution in [2.45, 2.75) is 23.9 Å². The smallest absolute Gasteiger partial charge is 0.338 e. The van der Waals surface area contributed by atoms with E-state index in [1.165, 1.54) is 0 Å². The number of anilines is 1. The number of fused-ring (bicyclic) bond motifs is 1. The van der Waals surface area contributed by atoms with Gasteiger partial charge in [0.2, 0.25) is 4.73 Å². The molecule has 1 N–H and O–H groups in total. The molecule has 1 unspecified atom stereocenters. The van der Waals surface area contributed by atoms with E-state index in [0.29, 0.717) is 22.2 Å². The second-order valence-corrected chi connectivity index (χ2v) is 6.74. The van der Waals surface area contributed by atoms with E-state index in [0.717, 1.165) is 23.9 Å². The average Bonchev–Trinajstić information content (AvgIpc) is 3.02. The van der Waals surface area contributed by atoms with Crippen molar-refractivity contribution in [1.29, 1.82) is 0 Å². The number of ether oxygens (including phenoxy) is 1. The highest BCUT2D eigenvalue weighted by atomic mass is 79.9. The fourth-order valence-corrected chi connectivity index (χ4v) is 3.70. The number of halogens is 1. The lowest BCUT2D eigenvalue weighted by atomic mass is 10.2. The first-order valence-electron chi connectivity index (χ1n) is 6.93. The maximum absolute atomic E-state index is 11.6. The molecular formula is C14H15BrN4O2S. The van der Waals surface area contributed by atoms with Crippen LogP contribution in [0.2, 0.25) is 0 Å². The van der Waals surface area contributed by atoms with Gasteiger partial charge in [0.1, 0.15) is 0 Å². The highest BCUT2D eigenvalue weighted by molar-refractivity contribution is 9.10. The predicted octanol–water partition coefficient (Wildman–Crippen LogP) is 2.80. The van der Waals surface area contributed by atoms with Gasteiger partial charge >= 0.3 is 5.97 Å². The molecule has 116 valence electrons. The minimum Gasteiger partial charge on any atom is -0.462 e. The first-order chi connectivity index (χ1) is 10.7. The number of hydrogen-bond acceptors (Lipinski definition) is 6. The Hall–Kier alpha value is -1.54. The van der Waals surface area contributed by atoms with E-state index in [-0.39, 0.29) is 5.97 Å². The Morgan fingerprint density at radius 3 is 2.95 bits per heavy atom. The molecule has 1 atom stereocenters. The number of carbonyl (C=O) groups is 1. The summed E-state index contributed by atoms with van der Waals surface area (Å²) in [7, 11) is 0. The Morgan fingerprint density at radius 2 is 2.27 bits per heavy atom. The van der Waals surface area contributed by atoms with Crippen molar-refractivity contribution >= 4 is 39.3 Å². The Bertz CT molecular complexity index is 650. The normalized spacial score (nSPS) is 16.4. The molecule has 8 heteroatoms. The summed E-state index contributed by atoms with van der Waals surface area (Å²) < 4.78 is 7.51. The van der Waals surface area contributed by atoms with E-state index in [2.05, 4.69) is 31.3 Å². The van der Waals surface area contributed by atoms with Gasteiger partial charge in [-0.15, -0.1) is 5.10 Å². The molecule has 0 spiro atoms. The van der Waals surface area contributed by atoms with Gasteiger partial charge in [0, 0.05) is 17.5 Å². The quantitative estimate of drug-likeness (QED) is 0.801. The third kappa shape index (κ3) is 3.44. The van der Waals surface area contributed by atoms with Gasteiger partial charge in [-0.05, 0) is 47.1 Å². The minimum atomic E-state index is -0.289. The van der Waals surface area contributed by atoms with Crippen molar-refractivity contribution in [3.8, 4) is 0 Å². The molecule has 1 aliphatic rings. The van der Waals surface area contributed by atoms with Crippen LogP contribution in [0.1, 0.15) is 17.3 Å². The molecule has 2 heterocycles. The number of nitrogens with zero attached hydrogens (tertiary/aromatic N) is 3. The van der Waals surface area contributed by atoms with Gasteiger partial charge in [0.15, 0.2) is 5.16 Å². The number of aromatic nitrogens is 3. The summed E-state index contributed by atoms with van der Waals surface area (Å²) >= 11 is 4.99.